The monoisotopic (exact) mass is 212 g/mol. The van der Waals surface area contributed by atoms with Gasteiger partial charge in [-0.1, -0.05) is 6.92 Å². The summed E-state index contributed by atoms with van der Waals surface area (Å²) < 4.78 is 5.03. The molecule has 0 atom stereocenters. The van der Waals surface area contributed by atoms with Crippen molar-refractivity contribution in [3.05, 3.63) is 23.8 Å². The Morgan fingerprint density at radius 1 is 1.57 bits per heavy atom. The third-order valence-electron chi connectivity index (χ3n) is 1.72. The summed E-state index contributed by atoms with van der Waals surface area (Å²) in [6, 6.07) is 4.97. The van der Waals surface area contributed by atoms with E-state index in [0.29, 0.717) is 11.3 Å². The lowest BCUT2D eigenvalue weighted by Crippen LogP contribution is -1.99. The summed E-state index contributed by atoms with van der Waals surface area (Å²) in [5, 5.41) is 8.90. The van der Waals surface area contributed by atoms with Crippen LogP contribution in [0.25, 0.3) is 0 Å². The van der Waals surface area contributed by atoms with Crippen LogP contribution >= 0.6 is 11.8 Å². The van der Waals surface area contributed by atoms with Gasteiger partial charge in [0.2, 0.25) is 0 Å². The van der Waals surface area contributed by atoms with Gasteiger partial charge in [-0.15, -0.1) is 11.8 Å². The molecule has 0 bridgehead atoms. The fourth-order valence-electron chi connectivity index (χ4n) is 1.08. The Bertz CT molecular complexity index is 336. The molecule has 0 heterocycles. The van der Waals surface area contributed by atoms with Crippen LogP contribution in [0, 0.1) is 0 Å². The van der Waals surface area contributed by atoms with Crippen molar-refractivity contribution in [2.24, 2.45) is 0 Å². The van der Waals surface area contributed by atoms with Crippen LogP contribution in [0.1, 0.15) is 17.3 Å². The number of carboxylic acids is 1. The third-order valence-corrected chi connectivity index (χ3v) is 2.66. The molecule has 1 aromatic rings. The predicted octanol–water partition coefficient (Wildman–Crippen LogP) is 2.51. The van der Waals surface area contributed by atoms with E-state index in [9.17, 15) is 4.79 Å². The molecule has 1 aromatic carbocycles. The second-order valence-electron chi connectivity index (χ2n) is 2.60. The van der Waals surface area contributed by atoms with Crippen molar-refractivity contribution in [1.82, 2.24) is 0 Å². The fraction of sp³-hybridized carbons (Fsp3) is 0.300. The van der Waals surface area contributed by atoms with E-state index in [1.165, 1.54) is 11.8 Å². The van der Waals surface area contributed by atoms with Gasteiger partial charge >= 0.3 is 5.97 Å². The van der Waals surface area contributed by atoms with E-state index < -0.39 is 5.97 Å². The quantitative estimate of drug-likeness (QED) is 0.779. The molecule has 4 heteroatoms. The first-order valence-electron chi connectivity index (χ1n) is 4.23. The lowest BCUT2D eigenvalue weighted by molar-refractivity contribution is 0.0693. The maximum Gasteiger partial charge on any atom is 0.336 e. The molecule has 0 radical (unpaired) electrons. The largest absolute Gasteiger partial charge is 0.497 e. The number of hydrogen-bond donors (Lipinski definition) is 1. The van der Waals surface area contributed by atoms with E-state index in [1.54, 1.807) is 25.3 Å². The van der Waals surface area contributed by atoms with Crippen molar-refractivity contribution in [3.63, 3.8) is 0 Å². The summed E-state index contributed by atoms with van der Waals surface area (Å²) in [4.78, 5) is 11.6. The minimum Gasteiger partial charge on any atom is -0.497 e. The van der Waals surface area contributed by atoms with Gasteiger partial charge in [0.15, 0.2) is 0 Å². The average molecular weight is 212 g/mol. The summed E-state index contributed by atoms with van der Waals surface area (Å²) in [7, 11) is 1.57. The number of thioether (sulfide) groups is 1. The number of aromatic carboxylic acids is 1. The zero-order valence-corrected chi connectivity index (χ0v) is 8.93. The van der Waals surface area contributed by atoms with Gasteiger partial charge in [0, 0.05) is 4.90 Å². The molecule has 0 unspecified atom stereocenters. The Morgan fingerprint density at radius 2 is 2.29 bits per heavy atom. The van der Waals surface area contributed by atoms with Crippen molar-refractivity contribution in [3.8, 4) is 5.75 Å². The molecule has 0 aliphatic carbocycles. The van der Waals surface area contributed by atoms with Crippen molar-refractivity contribution in [2.45, 2.75) is 11.8 Å². The molecule has 0 saturated carbocycles. The Morgan fingerprint density at radius 3 is 2.79 bits per heavy atom. The number of hydrogen-bond acceptors (Lipinski definition) is 3. The van der Waals surface area contributed by atoms with E-state index in [1.807, 2.05) is 6.92 Å². The number of carbonyl (C=O) groups is 1. The van der Waals surface area contributed by atoms with E-state index in [4.69, 9.17) is 9.84 Å². The van der Waals surface area contributed by atoms with Gasteiger partial charge in [0.25, 0.3) is 0 Å². The maximum absolute atomic E-state index is 10.8. The minimum atomic E-state index is -0.899. The molecule has 0 amide bonds. The van der Waals surface area contributed by atoms with Crippen LogP contribution in [0.2, 0.25) is 0 Å². The molecule has 0 aliphatic heterocycles. The average Bonchev–Trinajstić information content (AvgIpc) is 2.17. The fourth-order valence-corrected chi connectivity index (χ4v) is 1.90. The molecule has 3 nitrogen and oxygen atoms in total. The lowest BCUT2D eigenvalue weighted by Gasteiger charge is -2.06. The topological polar surface area (TPSA) is 46.5 Å². The highest BCUT2D eigenvalue weighted by Crippen LogP contribution is 2.27. The second-order valence-corrected chi connectivity index (χ2v) is 3.91. The molecular weight excluding hydrogens is 200 g/mol. The van der Waals surface area contributed by atoms with E-state index in [2.05, 4.69) is 0 Å². The Balaban J connectivity index is 3.10. The summed E-state index contributed by atoms with van der Waals surface area (Å²) in [6.07, 6.45) is 0. The zero-order valence-electron chi connectivity index (χ0n) is 8.11. The number of benzene rings is 1. The molecule has 76 valence electrons. The molecule has 1 N–H and O–H groups in total. The van der Waals surface area contributed by atoms with Crippen molar-refractivity contribution in [2.75, 3.05) is 12.9 Å². The van der Waals surface area contributed by atoms with E-state index >= 15 is 0 Å². The van der Waals surface area contributed by atoms with Crippen molar-refractivity contribution in [1.29, 1.82) is 0 Å². The Labute approximate surface area is 87.1 Å². The van der Waals surface area contributed by atoms with Crippen LogP contribution in [-0.2, 0) is 0 Å². The SMILES string of the molecule is CCSc1cc(OC)ccc1C(=O)O. The van der Waals surface area contributed by atoms with Gasteiger partial charge in [-0.3, -0.25) is 0 Å². The first-order chi connectivity index (χ1) is 6.69. The van der Waals surface area contributed by atoms with Gasteiger partial charge in [0.05, 0.1) is 12.7 Å². The maximum atomic E-state index is 10.8. The van der Waals surface area contributed by atoms with Gasteiger partial charge in [-0.2, -0.15) is 0 Å². The summed E-state index contributed by atoms with van der Waals surface area (Å²) in [6.45, 7) is 1.98. The van der Waals surface area contributed by atoms with Crippen LogP contribution in [0.3, 0.4) is 0 Å². The first-order valence-corrected chi connectivity index (χ1v) is 5.21. The normalized spacial score (nSPS) is 9.86. The van der Waals surface area contributed by atoms with Crippen LogP contribution in [0.5, 0.6) is 5.75 Å². The molecule has 0 spiro atoms. The number of ether oxygens (including phenoxy) is 1. The highest BCUT2D eigenvalue weighted by atomic mass is 32.2. The standard InChI is InChI=1S/C10H12O3S/c1-3-14-9-6-7(13-2)4-5-8(9)10(11)12/h4-6H,3H2,1-2H3,(H,11,12). The third kappa shape index (κ3) is 2.42. The van der Waals surface area contributed by atoms with Gasteiger partial charge in [0.1, 0.15) is 5.75 Å². The highest BCUT2D eigenvalue weighted by Gasteiger charge is 2.10. The van der Waals surface area contributed by atoms with E-state index in [0.717, 1.165) is 10.6 Å². The highest BCUT2D eigenvalue weighted by molar-refractivity contribution is 7.99. The van der Waals surface area contributed by atoms with Crippen molar-refractivity contribution < 1.29 is 14.6 Å². The Hall–Kier alpha value is -1.16. The van der Waals surface area contributed by atoms with Gasteiger partial charge < -0.3 is 9.84 Å². The zero-order chi connectivity index (χ0) is 10.6. The molecule has 0 aromatic heterocycles. The van der Waals surface area contributed by atoms with Crippen LogP contribution in [-0.4, -0.2) is 23.9 Å². The van der Waals surface area contributed by atoms with Crippen molar-refractivity contribution >= 4 is 17.7 Å². The molecule has 0 saturated heterocycles. The molecule has 0 fully saturated rings. The summed E-state index contributed by atoms with van der Waals surface area (Å²) in [5.74, 6) is 0.627. The number of rotatable bonds is 4. The van der Waals surface area contributed by atoms with Crippen LogP contribution < -0.4 is 4.74 Å². The van der Waals surface area contributed by atoms with Gasteiger partial charge in [-0.25, -0.2) is 4.79 Å². The number of carboxylic acid groups (broad SMARTS) is 1. The molecule has 1 rings (SSSR count). The Kier molecular flexibility index (Phi) is 3.83. The van der Waals surface area contributed by atoms with Gasteiger partial charge in [-0.05, 0) is 24.0 Å². The predicted molar refractivity (Wildman–Crippen MR) is 56.4 cm³/mol. The minimum absolute atomic E-state index is 0.331. The lowest BCUT2D eigenvalue weighted by atomic mass is 10.2. The molecule has 0 aliphatic rings. The first kappa shape index (κ1) is 10.9. The molecule has 14 heavy (non-hydrogen) atoms. The van der Waals surface area contributed by atoms with E-state index in [-0.39, 0.29) is 0 Å². The molecular formula is C10H12O3S. The number of methoxy groups -OCH3 is 1. The van der Waals surface area contributed by atoms with Crippen LogP contribution in [0.4, 0.5) is 0 Å². The second kappa shape index (κ2) is 4.91. The summed E-state index contributed by atoms with van der Waals surface area (Å²) >= 11 is 1.50. The smallest absolute Gasteiger partial charge is 0.336 e. The summed E-state index contributed by atoms with van der Waals surface area (Å²) in [5.41, 5.74) is 0.331. The van der Waals surface area contributed by atoms with Crippen LogP contribution in [0.15, 0.2) is 23.1 Å².